The van der Waals surface area contributed by atoms with Crippen LogP contribution in [0, 0.1) is 17.8 Å². The first-order valence-corrected chi connectivity index (χ1v) is 14.6. The van der Waals surface area contributed by atoms with Crippen molar-refractivity contribution in [3.8, 4) is 17.2 Å². The molecule has 0 aliphatic rings. The van der Waals surface area contributed by atoms with E-state index in [1.807, 2.05) is 25.1 Å². The Morgan fingerprint density at radius 3 is 1.27 bits per heavy atom. The fraction of sp³-hybridized carbons (Fsp3) is 0.514. The Balaban J connectivity index is 2.04. The molecule has 0 saturated carbocycles. The van der Waals surface area contributed by atoms with Gasteiger partial charge < -0.3 is 15.3 Å². The fourth-order valence-electron chi connectivity index (χ4n) is 6.77. The average molecular weight is 545 g/mol. The minimum Gasteiger partial charge on any atom is -0.508 e. The van der Waals surface area contributed by atoms with Gasteiger partial charge in [0.1, 0.15) is 17.2 Å². The minimum atomic E-state index is -0.0652. The molecule has 0 bridgehead atoms. The van der Waals surface area contributed by atoms with Crippen LogP contribution in [0.25, 0.3) is 0 Å². The molecule has 3 heteroatoms. The highest BCUT2D eigenvalue weighted by atomic mass is 16.3. The SMILES string of the molecule is Cc1ccc(O)c(Cc2cc(C(C)(C)CC(C)(C)C)ccc2O)c1Cc1cc(C(C)(C)CC(C)(C)C)ccc1O. The Morgan fingerprint density at radius 1 is 0.500 bits per heavy atom. The van der Waals surface area contributed by atoms with Crippen molar-refractivity contribution < 1.29 is 15.3 Å². The topological polar surface area (TPSA) is 60.7 Å². The zero-order chi connectivity index (χ0) is 30.3. The number of aryl methyl sites for hydroxylation is 1. The zero-order valence-electron chi connectivity index (χ0n) is 26.8. The second-order valence-corrected chi connectivity index (χ2v) is 15.6. The van der Waals surface area contributed by atoms with Crippen molar-refractivity contribution >= 4 is 0 Å². The van der Waals surface area contributed by atoms with Crippen LogP contribution in [0.2, 0.25) is 0 Å². The molecule has 0 unspecified atom stereocenters. The number of benzene rings is 3. The van der Waals surface area contributed by atoms with Crippen molar-refractivity contribution in [2.24, 2.45) is 10.8 Å². The van der Waals surface area contributed by atoms with E-state index in [0.717, 1.165) is 40.7 Å². The average Bonchev–Trinajstić information content (AvgIpc) is 2.77. The lowest BCUT2D eigenvalue weighted by atomic mass is 9.71. The maximum atomic E-state index is 11.1. The minimum absolute atomic E-state index is 0.0521. The van der Waals surface area contributed by atoms with Crippen LogP contribution in [-0.4, -0.2) is 15.3 Å². The van der Waals surface area contributed by atoms with Gasteiger partial charge in [0.2, 0.25) is 0 Å². The van der Waals surface area contributed by atoms with Crippen molar-refractivity contribution in [2.75, 3.05) is 0 Å². The lowest BCUT2D eigenvalue weighted by Gasteiger charge is -2.33. The number of phenolic OH excluding ortho intramolecular Hbond substituents is 3. The van der Waals surface area contributed by atoms with Crippen LogP contribution in [0.5, 0.6) is 17.2 Å². The smallest absolute Gasteiger partial charge is 0.119 e. The highest BCUT2D eigenvalue weighted by molar-refractivity contribution is 5.53. The Labute approximate surface area is 243 Å². The third-order valence-electron chi connectivity index (χ3n) is 8.04. The van der Waals surface area contributed by atoms with Crippen LogP contribution in [0.1, 0.15) is 121 Å². The summed E-state index contributed by atoms with van der Waals surface area (Å²) in [7, 11) is 0. The van der Waals surface area contributed by atoms with Gasteiger partial charge in [-0.1, -0.05) is 99.6 Å². The highest BCUT2D eigenvalue weighted by Gasteiger charge is 2.29. The summed E-state index contributed by atoms with van der Waals surface area (Å²) in [4.78, 5) is 0. The Morgan fingerprint density at radius 2 is 0.875 bits per heavy atom. The summed E-state index contributed by atoms with van der Waals surface area (Å²) in [5, 5.41) is 32.8. The van der Waals surface area contributed by atoms with Crippen LogP contribution in [0.3, 0.4) is 0 Å². The van der Waals surface area contributed by atoms with Gasteiger partial charge in [-0.05, 0) is 93.0 Å². The molecule has 0 spiro atoms. The number of hydrogen-bond acceptors (Lipinski definition) is 3. The molecule has 3 rings (SSSR count). The number of hydrogen-bond donors (Lipinski definition) is 3. The molecule has 3 N–H and O–H groups in total. The molecular weight excluding hydrogens is 492 g/mol. The third-order valence-corrected chi connectivity index (χ3v) is 8.04. The molecule has 0 amide bonds. The first-order chi connectivity index (χ1) is 18.2. The fourth-order valence-corrected chi connectivity index (χ4v) is 6.77. The van der Waals surface area contributed by atoms with Crippen molar-refractivity contribution in [1.29, 1.82) is 0 Å². The summed E-state index contributed by atoms with van der Waals surface area (Å²) in [6.45, 7) is 24.6. The van der Waals surface area contributed by atoms with E-state index in [4.69, 9.17) is 0 Å². The number of aromatic hydroxyl groups is 3. The lowest BCUT2D eigenvalue weighted by Crippen LogP contribution is -2.25. The molecule has 0 aliphatic heterocycles. The Bertz CT molecular complexity index is 1240. The number of phenols is 3. The molecule has 0 aliphatic carbocycles. The van der Waals surface area contributed by atoms with Gasteiger partial charge in [0.25, 0.3) is 0 Å². The Kier molecular flexibility index (Phi) is 8.80. The molecule has 0 atom stereocenters. The van der Waals surface area contributed by atoms with E-state index < -0.39 is 0 Å². The van der Waals surface area contributed by atoms with E-state index in [2.05, 4.69) is 81.4 Å². The Hall–Kier alpha value is -2.94. The van der Waals surface area contributed by atoms with E-state index in [-0.39, 0.29) is 38.9 Å². The maximum Gasteiger partial charge on any atom is 0.119 e. The largest absolute Gasteiger partial charge is 0.508 e. The van der Waals surface area contributed by atoms with Gasteiger partial charge in [0.15, 0.2) is 0 Å². The maximum absolute atomic E-state index is 11.1. The second kappa shape index (κ2) is 11.1. The molecule has 0 aromatic heterocycles. The molecule has 3 aromatic carbocycles. The van der Waals surface area contributed by atoms with Crippen LogP contribution in [-0.2, 0) is 23.7 Å². The van der Waals surface area contributed by atoms with Crippen LogP contribution in [0.4, 0.5) is 0 Å². The standard InChI is InChI=1S/C37H52O3/c1-24-12-15-33(40)30(21-26-19-28(14-17-32(26)39)37(10,11)23-35(5,6)7)29(24)20-25-18-27(13-16-31(25)38)36(8,9)22-34(2,3)4/h12-19,38-40H,20-23H2,1-11H3. The summed E-state index contributed by atoms with van der Waals surface area (Å²) in [5.41, 5.74) is 7.07. The van der Waals surface area contributed by atoms with Gasteiger partial charge in [-0.3, -0.25) is 0 Å². The zero-order valence-corrected chi connectivity index (χ0v) is 26.8. The predicted molar refractivity (Wildman–Crippen MR) is 169 cm³/mol. The molecule has 3 aromatic rings. The second-order valence-electron chi connectivity index (χ2n) is 15.6. The molecule has 0 radical (unpaired) electrons. The predicted octanol–water partition coefficient (Wildman–Crippen LogP) is 9.72. The van der Waals surface area contributed by atoms with E-state index in [0.29, 0.717) is 12.8 Å². The van der Waals surface area contributed by atoms with E-state index >= 15 is 0 Å². The van der Waals surface area contributed by atoms with E-state index in [1.165, 1.54) is 11.1 Å². The van der Waals surface area contributed by atoms with Crippen molar-refractivity contribution in [2.45, 2.75) is 113 Å². The quantitative estimate of drug-likeness (QED) is 0.264. The molecule has 3 nitrogen and oxygen atoms in total. The monoisotopic (exact) mass is 544 g/mol. The van der Waals surface area contributed by atoms with Gasteiger partial charge in [0.05, 0.1) is 0 Å². The van der Waals surface area contributed by atoms with Gasteiger partial charge in [-0.2, -0.15) is 0 Å². The summed E-state index contributed by atoms with van der Waals surface area (Å²) < 4.78 is 0. The summed E-state index contributed by atoms with van der Waals surface area (Å²) >= 11 is 0. The first kappa shape index (κ1) is 31.6. The highest BCUT2D eigenvalue weighted by Crippen LogP contribution is 2.41. The lowest BCUT2D eigenvalue weighted by molar-refractivity contribution is 0.283. The van der Waals surface area contributed by atoms with E-state index in [9.17, 15) is 15.3 Å². The molecule has 40 heavy (non-hydrogen) atoms. The van der Waals surface area contributed by atoms with Gasteiger partial charge in [-0.15, -0.1) is 0 Å². The normalized spacial score (nSPS) is 13.1. The number of rotatable bonds is 8. The molecule has 218 valence electrons. The third kappa shape index (κ3) is 7.83. The molecule has 0 fully saturated rings. The molecule has 0 heterocycles. The molecular formula is C37H52O3. The van der Waals surface area contributed by atoms with E-state index in [1.54, 1.807) is 18.2 Å². The van der Waals surface area contributed by atoms with Crippen molar-refractivity contribution in [3.05, 3.63) is 87.5 Å². The van der Waals surface area contributed by atoms with Crippen LogP contribution < -0.4 is 0 Å². The van der Waals surface area contributed by atoms with Crippen molar-refractivity contribution in [1.82, 2.24) is 0 Å². The summed E-state index contributed by atoms with van der Waals surface area (Å²) in [5.74, 6) is 0.705. The first-order valence-electron chi connectivity index (χ1n) is 14.6. The van der Waals surface area contributed by atoms with Gasteiger partial charge in [0, 0.05) is 18.4 Å². The van der Waals surface area contributed by atoms with Gasteiger partial charge in [-0.25, -0.2) is 0 Å². The summed E-state index contributed by atoms with van der Waals surface area (Å²) in [6, 6.07) is 15.5. The van der Waals surface area contributed by atoms with Crippen LogP contribution >= 0.6 is 0 Å². The molecule has 0 saturated heterocycles. The van der Waals surface area contributed by atoms with Gasteiger partial charge >= 0.3 is 0 Å². The summed E-state index contributed by atoms with van der Waals surface area (Å²) in [6.07, 6.45) is 2.93. The van der Waals surface area contributed by atoms with Crippen molar-refractivity contribution in [3.63, 3.8) is 0 Å². The van der Waals surface area contributed by atoms with Crippen LogP contribution in [0.15, 0.2) is 48.5 Å².